The van der Waals surface area contributed by atoms with Gasteiger partial charge in [-0.25, -0.2) is 9.78 Å². The fourth-order valence-electron chi connectivity index (χ4n) is 4.33. The van der Waals surface area contributed by atoms with Gasteiger partial charge in [-0.2, -0.15) is 0 Å². The van der Waals surface area contributed by atoms with Gasteiger partial charge in [0.2, 0.25) is 5.91 Å². The second kappa shape index (κ2) is 8.54. The Bertz CT molecular complexity index is 1210. The quantitative estimate of drug-likeness (QED) is 0.608. The maximum atomic E-state index is 13.8. The number of aryl methyl sites for hydroxylation is 2. The van der Waals surface area contributed by atoms with Crippen LogP contribution in [0.4, 0.5) is 5.69 Å². The maximum Gasteiger partial charge on any atom is 0.359 e. The summed E-state index contributed by atoms with van der Waals surface area (Å²) < 4.78 is 6.36. The van der Waals surface area contributed by atoms with E-state index in [0.717, 1.165) is 16.7 Å². The number of hydrogen-bond donors (Lipinski definition) is 1. The van der Waals surface area contributed by atoms with Gasteiger partial charge in [-0.1, -0.05) is 36.4 Å². The Morgan fingerprint density at radius 1 is 1.12 bits per heavy atom. The lowest BCUT2D eigenvalue weighted by molar-refractivity contribution is -0.126. The molecular formula is C25H26N4O4. The molecule has 2 amide bonds. The average Bonchev–Trinajstić information content (AvgIpc) is 3.20. The van der Waals surface area contributed by atoms with Gasteiger partial charge in [0.15, 0.2) is 5.69 Å². The summed E-state index contributed by atoms with van der Waals surface area (Å²) in [4.78, 5) is 45.2. The topological polar surface area (TPSA) is 93.5 Å². The summed E-state index contributed by atoms with van der Waals surface area (Å²) in [5, 5.41) is 2.97. The van der Waals surface area contributed by atoms with E-state index in [0.29, 0.717) is 12.2 Å². The van der Waals surface area contributed by atoms with Gasteiger partial charge in [-0.15, -0.1) is 0 Å². The number of ether oxygens (including phenoxy) is 1. The van der Waals surface area contributed by atoms with Crippen molar-refractivity contribution in [2.45, 2.75) is 39.4 Å². The maximum absolute atomic E-state index is 13.8. The molecule has 1 N–H and O–H groups in total. The predicted octanol–water partition coefficient (Wildman–Crippen LogP) is 3.02. The summed E-state index contributed by atoms with van der Waals surface area (Å²) in [5.41, 5.74) is 2.23. The van der Waals surface area contributed by atoms with E-state index in [1.54, 1.807) is 11.5 Å². The molecule has 170 valence electrons. The lowest BCUT2D eigenvalue weighted by Crippen LogP contribution is -2.64. The summed E-state index contributed by atoms with van der Waals surface area (Å²) in [6.07, 6.45) is 1.40. The van der Waals surface area contributed by atoms with Crippen molar-refractivity contribution >= 4 is 23.5 Å². The minimum atomic E-state index is -1.26. The summed E-state index contributed by atoms with van der Waals surface area (Å²) in [6.45, 7) is 6.05. The fraction of sp³-hybridized carbons (Fsp3) is 0.280. The van der Waals surface area contributed by atoms with Gasteiger partial charge in [0.1, 0.15) is 11.2 Å². The van der Waals surface area contributed by atoms with Crippen molar-refractivity contribution in [2.24, 2.45) is 0 Å². The van der Waals surface area contributed by atoms with E-state index in [-0.39, 0.29) is 23.8 Å². The SMILES string of the molecule is COC(=O)c1ncn2c1C(=O)N(c1cc(C)cc(C)c1)[C@](C)(C(=O)NCc1ccccc1)C2. The normalized spacial score (nSPS) is 17.5. The summed E-state index contributed by atoms with van der Waals surface area (Å²) in [6, 6.07) is 15.3. The monoisotopic (exact) mass is 446 g/mol. The number of rotatable bonds is 5. The van der Waals surface area contributed by atoms with Crippen LogP contribution in [-0.4, -0.2) is 40.0 Å². The third-order valence-electron chi connectivity index (χ3n) is 5.84. The van der Waals surface area contributed by atoms with Gasteiger partial charge in [0.05, 0.1) is 20.0 Å². The van der Waals surface area contributed by atoms with Gasteiger partial charge in [0, 0.05) is 12.2 Å². The second-order valence-electron chi connectivity index (χ2n) is 8.49. The molecule has 2 heterocycles. The number of carbonyl (C=O) groups is 3. The van der Waals surface area contributed by atoms with Crippen molar-refractivity contribution in [3.63, 3.8) is 0 Å². The fourth-order valence-corrected chi connectivity index (χ4v) is 4.33. The molecule has 33 heavy (non-hydrogen) atoms. The van der Waals surface area contributed by atoms with Crippen LogP contribution in [0.2, 0.25) is 0 Å². The van der Waals surface area contributed by atoms with Crippen LogP contribution < -0.4 is 10.2 Å². The molecule has 3 aromatic rings. The molecule has 0 spiro atoms. The molecule has 1 atom stereocenters. The van der Waals surface area contributed by atoms with Crippen molar-refractivity contribution in [2.75, 3.05) is 12.0 Å². The number of anilines is 1. The van der Waals surface area contributed by atoms with Gasteiger partial charge < -0.3 is 14.6 Å². The first kappa shape index (κ1) is 22.3. The van der Waals surface area contributed by atoms with Crippen LogP contribution in [-0.2, 0) is 22.6 Å². The Morgan fingerprint density at radius 2 is 1.79 bits per heavy atom. The van der Waals surface area contributed by atoms with Crippen LogP contribution in [0.25, 0.3) is 0 Å². The van der Waals surface area contributed by atoms with Crippen molar-refractivity contribution in [3.05, 3.63) is 82.9 Å². The number of amides is 2. The third-order valence-corrected chi connectivity index (χ3v) is 5.84. The summed E-state index contributed by atoms with van der Waals surface area (Å²) >= 11 is 0. The van der Waals surface area contributed by atoms with Gasteiger partial charge in [0.25, 0.3) is 5.91 Å². The first-order chi connectivity index (χ1) is 15.7. The number of carbonyl (C=O) groups excluding carboxylic acids is 3. The molecule has 1 aliphatic rings. The molecule has 2 aromatic carbocycles. The number of methoxy groups -OCH3 is 1. The first-order valence-corrected chi connectivity index (χ1v) is 10.6. The molecule has 8 nitrogen and oxygen atoms in total. The number of fused-ring (bicyclic) bond motifs is 1. The van der Waals surface area contributed by atoms with Crippen LogP contribution in [0.5, 0.6) is 0 Å². The van der Waals surface area contributed by atoms with Crippen molar-refractivity contribution in [1.29, 1.82) is 0 Å². The molecule has 0 saturated carbocycles. The van der Waals surface area contributed by atoms with Crippen molar-refractivity contribution in [1.82, 2.24) is 14.9 Å². The Balaban J connectivity index is 1.79. The standard InChI is InChI=1S/C25H26N4O4/c1-16-10-17(2)12-19(11-16)29-22(30)21-20(23(31)33-4)27-15-28(21)14-25(29,3)24(32)26-13-18-8-6-5-7-9-18/h5-12,15H,13-14H2,1-4H3,(H,26,32)/t25-/m0/s1. The lowest BCUT2D eigenvalue weighted by atomic mass is 9.92. The van der Waals surface area contributed by atoms with Gasteiger partial charge in [-0.3, -0.25) is 14.5 Å². The largest absolute Gasteiger partial charge is 0.464 e. The van der Waals surface area contributed by atoms with Crippen molar-refractivity contribution in [3.8, 4) is 0 Å². The molecule has 1 aliphatic heterocycles. The van der Waals surface area contributed by atoms with Crippen LogP contribution in [0.3, 0.4) is 0 Å². The highest BCUT2D eigenvalue weighted by Gasteiger charge is 2.49. The van der Waals surface area contributed by atoms with Crippen LogP contribution in [0, 0.1) is 13.8 Å². The Labute approximate surface area is 192 Å². The van der Waals surface area contributed by atoms with E-state index in [1.165, 1.54) is 18.3 Å². The van der Waals surface area contributed by atoms with E-state index in [2.05, 4.69) is 10.3 Å². The highest BCUT2D eigenvalue weighted by atomic mass is 16.5. The third kappa shape index (κ3) is 4.00. The summed E-state index contributed by atoms with van der Waals surface area (Å²) in [5.74, 6) is -1.49. The zero-order valence-corrected chi connectivity index (χ0v) is 19.1. The molecule has 0 radical (unpaired) electrons. The molecule has 0 aliphatic carbocycles. The van der Waals surface area contributed by atoms with Gasteiger partial charge in [-0.05, 0) is 49.6 Å². The van der Waals surface area contributed by atoms with E-state index >= 15 is 0 Å². The Hall–Kier alpha value is -3.94. The van der Waals surface area contributed by atoms with E-state index in [4.69, 9.17) is 4.74 Å². The number of nitrogens with one attached hydrogen (secondary N) is 1. The van der Waals surface area contributed by atoms with Crippen LogP contribution in [0.1, 0.15) is 44.6 Å². The Kier molecular flexibility index (Phi) is 5.76. The first-order valence-electron chi connectivity index (χ1n) is 10.6. The highest BCUT2D eigenvalue weighted by Crippen LogP contribution is 2.35. The smallest absolute Gasteiger partial charge is 0.359 e. The molecule has 0 bridgehead atoms. The van der Waals surface area contributed by atoms with Crippen molar-refractivity contribution < 1.29 is 19.1 Å². The predicted molar refractivity (Wildman–Crippen MR) is 123 cm³/mol. The minimum Gasteiger partial charge on any atom is -0.464 e. The number of nitrogens with zero attached hydrogens (tertiary/aromatic N) is 3. The van der Waals surface area contributed by atoms with Crippen LogP contribution in [0.15, 0.2) is 54.9 Å². The number of esters is 1. The number of aromatic nitrogens is 2. The van der Waals surface area contributed by atoms with E-state index in [1.807, 2.05) is 62.4 Å². The highest BCUT2D eigenvalue weighted by molar-refractivity contribution is 6.15. The average molecular weight is 447 g/mol. The number of hydrogen-bond acceptors (Lipinski definition) is 5. The molecule has 0 saturated heterocycles. The Morgan fingerprint density at radius 3 is 2.42 bits per heavy atom. The number of imidazole rings is 1. The minimum absolute atomic E-state index is 0.0661. The zero-order valence-electron chi connectivity index (χ0n) is 19.1. The van der Waals surface area contributed by atoms with Gasteiger partial charge >= 0.3 is 5.97 Å². The molecule has 1 aromatic heterocycles. The number of benzene rings is 2. The molecule has 0 fully saturated rings. The zero-order chi connectivity index (χ0) is 23.8. The summed E-state index contributed by atoms with van der Waals surface area (Å²) in [7, 11) is 1.24. The van der Waals surface area contributed by atoms with E-state index in [9.17, 15) is 14.4 Å². The molecule has 0 unspecified atom stereocenters. The second-order valence-corrected chi connectivity index (χ2v) is 8.49. The molecular weight excluding hydrogens is 420 g/mol. The van der Waals surface area contributed by atoms with E-state index < -0.39 is 17.4 Å². The van der Waals surface area contributed by atoms with Crippen LogP contribution >= 0.6 is 0 Å². The molecule has 8 heteroatoms. The lowest BCUT2D eigenvalue weighted by Gasteiger charge is -2.43. The molecule has 4 rings (SSSR count).